The van der Waals surface area contributed by atoms with Crippen molar-refractivity contribution in [2.24, 2.45) is 0 Å². The number of fused-ring (bicyclic) bond motifs is 1. The van der Waals surface area contributed by atoms with Crippen molar-refractivity contribution in [2.75, 3.05) is 31.9 Å². The molecule has 0 aromatic heterocycles. The zero-order valence-corrected chi connectivity index (χ0v) is 18.1. The van der Waals surface area contributed by atoms with E-state index in [1.54, 1.807) is 0 Å². The van der Waals surface area contributed by atoms with Gasteiger partial charge in [0, 0.05) is 43.5 Å². The van der Waals surface area contributed by atoms with Crippen LogP contribution in [0.25, 0.3) is 21.9 Å². The molecule has 1 heterocycles. The van der Waals surface area contributed by atoms with Crippen molar-refractivity contribution >= 4 is 22.4 Å². The van der Waals surface area contributed by atoms with Gasteiger partial charge in [-0.2, -0.15) is 0 Å². The number of rotatable bonds is 3. The number of carbonyl (C=O) groups is 1. The SMILES string of the molecule is Nc1cccc(-c2ccc3cc(C(=O)N4CCN(C5CCCCC5)CC4)ccc3c2)c1. The molecule has 1 aliphatic carbocycles. The molecule has 2 aliphatic rings. The average Bonchev–Trinajstić information content (AvgIpc) is 2.83. The molecule has 160 valence electrons. The summed E-state index contributed by atoms with van der Waals surface area (Å²) in [7, 11) is 0. The maximum Gasteiger partial charge on any atom is 0.253 e. The average molecular weight is 414 g/mol. The van der Waals surface area contributed by atoms with Crippen molar-refractivity contribution in [2.45, 2.75) is 38.1 Å². The van der Waals surface area contributed by atoms with E-state index in [9.17, 15) is 4.79 Å². The lowest BCUT2D eigenvalue weighted by Crippen LogP contribution is -2.52. The minimum Gasteiger partial charge on any atom is -0.399 e. The van der Waals surface area contributed by atoms with Crippen molar-refractivity contribution in [3.05, 3.63) is 66.2 Å². The van der Waals surface area contributed by atoms with Crippen LogP contribution in [0.1, 0.15) is 42.5 Å². The van der Waals surface area contributed by atoms with Crippen LogP contribution in [0, 0.1) is 0 Å². The summed E-state index contributed by atoms with van der Waals surface area (Å²) in [5.41, 5.74) is 9.74. The summed E-state index contributed by atoms with van der Waals surface area (Å²) in [6.07, 6.45) is 6.77. The second kappa shape index (κ2) is 8.72. The first-order valence-corrected chi connectivity index (χ1v) is 11.6. The Hall–Kier alpha value is -2.85. The van der Waals surface area contributed by atoms with Crippen molar-refractivity contribution in [3.8, 4) is 11.1 Å². The monoisotopic (exact) mass is 413 g/mol. The van der Waals surface area contributed by atoms with E-state index >= 15 is 0 Å². The number of benzene rings is 3. The molecule has 4 nitrogen and oxygen atoms in total. The second-order valence-corrected chi connectivity index (χ2v) is 9.02. The fraction of sp³-hybridized carbons (Fsp3) is 0.370. The van der Waals surface area contributed by atoms with Crippen molar-refractivity contribution in [1.82, 2.24) is 9.80 Å². The van der Waals surface area contributed by atoms with Gasteiger partial charge >= 0.3 is 0 Å². The van der Waals surface area contributed by atoms with Gasteiger partial charge in [-0.15, -0.1) is 0 Å². The predicted octanol–water partition coefficient (Wildman–Crippen LogP) is 5.18. The summed E-state index contributed by atoms with van der Waals surface area (Å²) in [6.45, 7) is 3.69. The van der Waals surface area contributed by atoms with Gasteiger partial charge in [0.25, 0.3) is 5.91 Å². The van der Waals surface area contributed by atoms with Crippen LogP contribution in [0.2, 0.25) is 0 Å². The van der Waals surface area contributed by atoms with E-state index in [0.717, 1.165) is 65.4 Å². The molecule has 31 heavy (non-hydrogen) atoms. The molecule has 0 radical (unpaired) electrons. The molecular formula is C27H31N3O. The number of piperazine rings is 1. The Morgan fingerprint density at radius 1 is 0.774 bits per heavy atom. The third kappa shape index (κ3) is 4.31. The van der Waals surface area contributed by atoms with Crippen molar-refractivity contribution in [3.63, 3.8) is 0 Å². The molecule has 2 fully saturated rings. The van der Waals surface area contributed by atoms with Crippen molar-refractivity contribution in [1.29, 1.82) is 0 Å². The maximum absolute atomic E-state index is 13.1. The van der Waals surface area contributed by atoms with E-state index in [2.05, 4.69) is 35.2 Å². The topological polar surface area (TPSA) is 49.6 Å². The van der Waals surface area contributed by atoms with E-state index < -0.39 is 0 Å². The molecule has 3 aromatic carbocycles. The van der Waals surface area contributed by atoms with Crippen LogP contribution in [0.15, 0.2) is 60.7 Å². The smallest absolute Gasteiger partial charge is 0.253 e. The Balaban J connectivity index is 1.29. The summed E-state index contributed by atoms with van der Waals surface area (Å²) in [6, 6.07) is 21.1. The Morgan fingerprint density at radius 3 is 2.26 bits per heavy atom. The first-order valence-electron chi connectivity index (χ1n) is 11.6. The van der Waals surface area contributed by atoms with Crippen LogP contribution in [-0.2, 0) is 0 Å². The number of amides is 1. The minimum absolute atomic E-state index is 0.158. The summed E-state index contributed by atoms with van der Waals surface area (Å²) in [4.78, 5) is 17.8. The molecule has 1 saturated heterocycles. The zero-order chi connectivity index (χ0) is 21.2. The molecule has 1 saturated carbocycles. The summed E-state index contributed by atoms with van der Waals surface area (Å²) in [5, 5.41) is 2.23. The first-order chi connectivity index (χ1) is 15.2. The largest absolute Gasteiger partial charge is 0.399 e. The highest BCUT2D eigenvalue weighted by Gasteiger charge is 2.27. The molecule has 4 heteroatoms. The van der Waals surface area contributed by atoms with Crippen molar-refractivity contribution < 1.29 is 4.79 Å². The fourth-order valence-corrected chi connectivity index (χ4v) is 5.20. The number of nitrogens with two attached hydrogens (primary N) is 1. The molecule has 0 bridgehead atoms. The zero-order valence-electron chi connectivity index (χ0n) is 18.1. The van der Waals surface area contributed by atoms with E-state index in [1.165, 1.54) is 32.1 Å². The number of hydrogen-bond acceptors (Lipinski definition) is 3. The number of hydrogen-bond donors (Lipinski definition) is 1. The van der Waals surface area contributed by atoms with Crippen LogP contribution >= 0.6 is 0 Å². The van der Waals surface area contributed by atoms with Gasteiger partial charge in [-0.3, -0.25) is 9.69 Å². The highest BCUT2D eigenvalue weighted by Crippen LogP contribution is 2.27. The van der Waals surface area contributed by atoms with Gasteiger partial charge in [0.2, 0.25) is 0 Å². The van der Waals surface area contributed by atoms with Gasteiger partial charge in [0.1, 0.15) is 0 Å². The molecule has 1 aliphatic heterocycles. The van der Waals surface area contributed by atoms with Crippen LogP contribution in [0.5, 0.6) is 0 Å². The lowest BCUT2D eigenvalue weighted by atomic mass is 9.94. The van der Waals surface area contributed by atoms with E-state index in [0.29, 0.717) is 0 Å². The molecule has 1 amide bonds. The molecular weight excluding hydrogens is 382 g/mol. The van der Waals surface area contributed by atoms with Crippen LogP contribution in [0.3, 0.4) is 0 Å². The fourth-order valence-electron chi connectivity index (χ4n) is 5.20. The maximum atomic E-state index is 13.1. The summed E-state index contributed by atoms with van der Waals surface area (Å²) in [5.74, 6) is 0.158. The lowest BCUT2D eigenvalue weighted by molar-refractivity contribution is 0.0523. The van der Waals surface area contributed by atoms with Crippen LogP contribution in [-0.4, -0.2) is 47.9 Å². The number of nitrogens with zero attached hydrogens (tertiary/aromatic N) is 2. The van der Waals surface area contributed by atoms with Gasteiger partial charge in [0.15, 0.2) is 0 Å². The molecule has 2 N–H and O–H groups in total. The van der Waals surface area contributed by atoms with Gasteiger partial charge in [0.05, 0.1) is 0 Å². The third-order valence-electron chi connectivity index (χ3n) is 7.00. The highest BCUT2D eigenvalue weighted by atomic mass is 16.2. The minimum atomic E-state index is 0.158. The van der Waals surface area contributed by atoms with Crippen LogP contribution < -0.4 is 5.73 Å². The Morgan fingerprint density at radius 2 is 1.48 bits per heavy atom. The van der Waals surface area contributed by atoms with Gasteiger partial charge < -0.3 is 10.6 Å². The number of nitrogen functional groups attached to an aromatic ring is 1. The molecule has 3 aromatic rings. The van der Waals surface area contributed by atoms with E-state index in [-0.39, 0.29) is 5.91 Å². The number of carbonyl (C=O) groups excluding carboxylic acids is 1. The molecule has 0 spiro atoms. The van der Waals surface area contributed by atoms with Gasteiger partial charge in [-0.1, -0.05) is 49.6 Å². The van der Waals surface area contributed by atoms with Gasteiger partial charge in [-0.05, 0) is 65.1 Å². The lowest BCUT2D eigenvalue weighted by Gasteiger charge is -2.40. The van der Waals surface area contributed by atoms with E-state index in [4.69, 9.17) is 5.73 Å². The highest BCUT2D eigenvalue weighted by molar-refractivity contribution is 5.99. The van der Waals surface area contributed by atoms with Gasteiger partial charge in [-0.25, -0.2) is 0 Å². The quantitative estimate of drug-likeness (QED) is 0.602. The first kappa shape index (κ1) is 20.1. The van der Waals surface area contributed by atoms with Crippen LogP contribution in [0.4, 0.5) is 5.69 Å². The summed E-state index contributed by atoms with van der Waals surface area (Å²) < 4.78 is 0. The Labute approximate surface area is 184 Å². The standard InChI is InChI=1S/C27H31N3O/c28-25-6-4-5-20(19-25)21-9-10-23-18-24(12-11-22(23)17-21)27(31)30-15-13-29(14-16-30)26-7-2-1-3-8-26/h4-6,9-12,17-19,26H,1-3,7-8,13-16,28H2. The van der Waals surface area contributed by atoms with E-state index in [1.807, 2.05) is 35.2 Å². The Kier molecular flexibility index (Phi) is 5.65. The molecule has 5 rings (SSSR count). The normalized spacial score (nSPS) is 18.4. The predicted molar refractivity (Wildman–Crippen MR) is 128 cm³/mol. The Bertz CT molecular complexity index is 1080. The third-order valence-corrected chi connectivity index (χ3v) is 7.00. The summed E-state index contributed by atoms with van der Waals surface area (Å²) >= 11 is 0. The molecule has 0 unspecified atom stereocenters. The molecule has 0 atom stereocenters. The number of anilines is 1. The second-order valence-electron chi connectivity index (χ2n) is 9.02.